The number of nitrogens with zero attached hydrogens (tertiary/aromatic N) is 2. The van der Waals surface area contributed by atoms with Crippen molar-refractivity contribution >= 4 is 5.91 Å². The highest BCUT2D eigenvalue weighted by molar-refractivity contribution is 5.78. The largest absolute Gasteiger partial charge is 0.393 e. The van der Waals surface area contributed by atoms with Crippen LogP contribution in [0.15, 0.2) is 0 Å². The number of aliphatic hydroxyl groups is 1. The summed E-state index contributed by atoms with van der Waals surface area (Å²) >= 11 is 0. The number of hydrogen-bond acceptors (Lipinski definition) is 3. The molecule has 0 aromatic rings. The van der Waals surface area contributed by atoms with E-state index >= 15 is 0 Å². The molecule has 1 heterocycles. The van der Waals surface area contributed by atoms with E-state index in [0.29, 0.717) is 18.5 Å². The van der Waals surface area contributed by atoms with Crippen LogP contribution < -0.4 is 0 Å². The van der Waals surface area contributed by atoms with Gasteiger partial charge in [0.05, 0.1) is 12.6 Å². The first-order chi connectivity index (χ1) is 9.50. The molecule has 3 atom stereocenters. The van der Waals surface area contributed by atoms with Gasteiger partial charge in [-0.25, -0.2) is 0 Å². The summed E-state index contributed by atoms with van der Waals surface area (Å²) in [7, 11) is 1.88. The smallest absolute Gasteiger partial charge is 0.236 e. The molecule has 4 nitrogen and oxygen atoms in total. The molecule has 1 saturated heterocycles. The number of carbonyl (C=O) groups is 1. The van der Waals surface area contributed by atoms with Gasteiger partial charge in [0.15, 0.2) is 0 Å². The van der Waals surface area contributed by atoms with Gasteiger partial charge in [0.2, 0.25) is 5.91 Å². The lowest BCUT2D eigenvalue weighted by atomic mass is 9.80. The average molecular weight is 282 g/mol. The van der Waals surface area contributed by atoms with Gasteiger partial charge < -0.3 is 10.0 Å². The summed E-state index contributed by atoms with van der Waals surface area (Å²) in [4.78, 5) is 16.4. The Morgan fingerprint density at radius 2 is 1.95 bits per heavy atom. The lowest BCUT2D eigenvalue weighted by molar-refractivity contribution is -0.133. The molecule has 1 aliphatic heterocycles. The maximum atomic E-state index is 12.3. The Morgan fingerprint density at radius 3 is 2.60 bits per heavy atom. The van der Waals surface area contributed by atoms with Crippen molar-refractivity contribution in [2.75, 3.05) is 20.1 Å². The molecule has 116 valence electrons. The van der Waals surface area contributed by atoms with Crippen LogP contribution in [-0.2, 0) is 4.79 Å². The molecule has 20 heavy (non-hydrogen) atoms. The third-order valence-corrected chi connectivity index (χ3v) is 5.20. The molecule has 1 N–H and O–H groups in total. The molecule has 2 fully saturated rings. The number of rotatable bonds is 4. The van der Waals surface area contributed by atoms with Gasteiger partial charge in [0.1, 0.15) is 0 Å². The van der Waals surface area contributed by atoms with E-state index < -0.39 is 0 Å². The summed E-state index contributed by atoms with van der Waals surface area (Å²) in [5.41, 5.74) is 0. The van der Waals surface area contributed by atoms with Crippen molar-refractivity contribution in [2.24, 2.45) is 5.92 Å². The summed E-state index contributed by atoms with van der Waals surface area (Å²) in [6, 6.07) is 0.665. The molecule has 0 spiro atoms. The molecule has 2 rings (SSSR count). The minimum Gasteiger partial charge on any atom is -0.393 e. The second-order valence-corrected chi connectivity index (χ2v) is 6.79. The fraction of sp³-hybridized carbons (Fsp3) is 0.938. The van der Waals surface area contributed by atoms with Gasteiger partial charge in [-0.2, -0.15) is 0 Å². The van der Waals surface area contributed by atoms with Crippen molar-refractivity contribution < 1.29 is 9.90 Å². The number of aliphatic hydroxyl groups excluding tert-OH is 1. The van der Waals surface area contributed by atoms with E-state index in [1.54, 1.807) is 0 Å². The predicted octanol–water partition coefficient (Wildman–Crippen LogP) is 1.87. The second-order valence-electron chi connectivity index (χ2n) is 6.79. The van der Waals surface area contributed by atoms with E-state index in [1.807, 2.05) is 25.8 Å². The highest BCUT2D eigenvalue weighted by atomic mass is 16.3. The summed E-state index contributed by atoms with van der Waals surface area (Å²) < 4.78 is 0. The van der Waals surface area contributed by atoms with Crippen molar-refractivity contribution in [3.63, 3.8) is 0 Å². The second kappa shape index (κ2) is 6.90. The minimum atomic E-state index is -0.160. The number of carbonyl (C=O) groups excluding carboxylic acids is 1. The maximum absolute atomic E-state index is 12.3. The standard InChI is InChI=1S/C16H30N2O2/c1-12(2)17(3)16(20)11-18-10-6-8-14(18)13-7-4-5-9-15(13)19/h12-15,19H,4-11H2,1-3H3. The first-order valence-electron chi connectivity index (χ1n) is 8.18. The zero-order chi connectivity index (χ0) is 14.7. The molecule has 0 bridgehead atoms. The van der Waals surface area contributed by atoms with Gasteiger partial charge in [-0.3, -0.25) is 9.69 Å². The van der Waals surface area contributed by atoms with E-state index in [4.69, 9.17) is 0 Å². The Bertz CT molecular complexity index is 332. The van der Waals surface area contributed by atoms with Gasteiger partial charge in [-0.15, -0.1) is 0 Å². The number of hydrogen-bond donors (Lipinski definition) is 1. The van der Waals surface area contributed by atoms with E-state index in [2.05, 4.69) is 4.90 Å². The number of likely N-dealkylation sites (N-methyl/N-ethyl adjacent to an activating group) is 1. The fourth-order valence-electron chi connectivity index (χ4n) is 3.70. The monoisotopic (exact) mass is 282 g/mol. The molecule has 0 aromatic heterocycles. The Balaban J connectivity index is 1.95. The maximum Gasteiger partial charge on any atom is 0.236 e. The third kappa shape index (κ3) is 3.53. The summed E-state index contributed by atoms with van der Waals surface area (Å²) in [6.07, 6.45) is 6.58. The van der Waals surface area contributed by atoms with Gasteiger partial charge in [0, 0.05) is 25.0 Å². The minimum absolute atomic E-state index is 0.160. The van der Waals surface area contributed by atoms with Gasteiger partial charge in [-0.1, -0.05) is 12.8 Å². The summed E-state index contributed by atoms with van der Waals surface area (Å²) in [5, 5.41) is 10.3. The molecular formula is C16H30N2O2. The summed E-state index contributed by atoms with van der Waals surface area (Å²) in [5.74, 6) is 0.584. The number of likely N-dealkylation sites (tertiary alicyclic amines) is 1. The highest BCUT2D eigenvalue weighted by Crippen LogP contribution is 2.34. The van der Waals surface area contributed by atoms with Gasteiger partial charge in [0.25, 0.3) is 0 Å². The van der Waals surface area contributed by atoms with E-state index in [0.717, 1.165) is 38.6 Å². The van der Waals surface area contributed by atoms with E-state index in [1.165, 1.54) is 6.42 Å². The third-order valence-electron chi connectivity index (χ3n) is 5.20. The molecule has 4 heteroatoms. The van der Waals surface area contributed by atoms with Crippen LogP contribution in [0.3, 0.4) is 0 Å². The number of amides is 1. The van der Waals surface area contributed by atoms with Crippen LogP contribution in [0.1, 0.15) is 52.4 Å². The van der Waals surface area contributed by atoms with Crippen LogP contribution in [0.4, 0.5) is 0 Å². The average Bonchev–Trinajstić information content (AvgIpc) is 2.86. The highest BCUT2D eigenvalue weighted by Gasteiger charge is 2.37. The SMILES string of the molecule is CC(C)N(C)C(=O)CN1CCCC1C1CCCCC1O. The zero-order valence-corrected chi connectivity index (χ0v) is 13.2. The lowest BCUT2D eigenvalue weighted by Gasteiger charge is -2.37. The van der Waals surface area contributed by atoms with Crippen LogP contribution in [0.2, 0.25) is 0 Å². The van der Waals surface area contributed by atoms with E-state index in [9.17, 15) is 9.90 Å². The molecule has 0 radical (unpaired) electrons. The van der Waals surface area contributed by atoms with Crippen molar-refractivity contribution in [1.29, 1.82) is 0 Å². The Kier molecular flexibility index (Phi) is 5.44. The van der Waals surface area contributed by atoms with Crippen LogP contribution in [0, 0.1) is 5.92 Å². The van der Waals surface area contributed by atoms with Crippen LogP contribution in [-0.4, -0.2) is 59.1 Å². The lowest BCUT2D eigenvalue weighted by Crippen LogP contribution is -2.47. The Labute approximate surface area is 123 Å². The van der Waals surface area contributed by atoms with Crippen molar-refractivity contribution in [2.45, 2.75) is 70.6 Å². The topological polar surface area (TPSA) is 43.8 Å². The molecule has 1 aliphatic carbocycles. The van der Waals surface area contributed by atoms with Gasteiger partial charge >= 0.3 is 0 Å². The first-order valence-corrected chi connectivity index (χ1v) is 8.18. The van der Waals surface area contributed by atoms with Gasteiger partial charge in [-0.05, 0) is 46.1 Å². The van der Waals surface area contributed by atoms with Crippen LogP contribution in [0.25, 0.3) is 0 Å². The van der Waals surface area contributed by atoms with E-state index in [-0.39, 0.29) is 18.1 Å². The normalized spacial score (nSPS) is 31.8. The molecule has 0 aromatic carbocycles. The van der Waals surface area contributed by atoms with Crippen molar-refractivity contribution in [3.05, 3.63) is 0 Å². The Hall–Kier alpha value is -0.610. The van der Waals surface area contributed by atoms with Crippen LogP contribution >= 0.6 is 0 Å². The molecule has 2 aliphatic rings. The molecular weight excluding hydrogens is 252 g/mol. The Morgan fingerprint density at radius 1 is 1.25 bits per heavy atom. The molecule has 1 saturated carbocycles. The first kappa shape index (κ1) is 15.8. The summed E-state index contributed by atoms with van der Waals surface area (Å²) in [6.45, 7) is 5.61. The quantitative estimate of drug-likeness (QED) is 0.856. The molecule has 1 amide bonds. The van der Waals surface area contributed by atoms with Crippen LogP contribution in [0.5, 0.6) is 0 Å². The van der Waals surface area contributed by atoms with Crippen molar-refractivity contribution in [3.8, 4) is 0 Å². The predicted molar refractivity (Wildman–Crippen MR) is 80.5 cm³/mol. The molecule has 3 unspecified atom stereocenters. The zero-order valence-electron chi connectivity index (χ0n) is 13.2. The van der Waals surface area contributed by atoms with Crippen molar-refractivity contribution in [1.82, 2.24) is 9.80 Å². The fourth-order valence-corrected chi connectivity index (χ4v) is 3.70.